The van der Waals surface area contributed by atoms with Crippen LogP contribution in [0.1, 0.15) is 0 Å². The molecule has 0 unspecified atom stereocenters. The number of allylic oxidation sites excluding steroid dienone is 1. The summed E-state index contributed by atoms with van der Waals surface area (Å²) in [5, 5.41) is 1.54. The Hall–Kier alpha value is -1.83. The Morgan fingerprint density at radius 1 is 1.35 bits per heavy atom. The summed E-state index contributed by atoms with van der Waals surface area (Å²) in [5.74, 6) is 0.313. The third-order valence-corrected chi connectivity index (χ3v) is 5.57. The van der Waals surface area contributed by atoms with Crippen LogP contribution in [0.4, 0.5) is 0 Å². The predicted octanol–water partition coefficient (Wildman–Crippen LogP) is 2.10. The number of carbonyl (C=O) groups is 1. The van der Waals surface area contributed by atoms with Crippen molar-refractivity contribution in [1.29, 1.82) is 0 Å². The van der Waals surface area contributed by atoms with Crippen LogP contribution in [0.2, 0.25) is 5.02 Å². The minimum absolute atomic E-state index is 0.0636. The van der Waals surface area contributed by atoms with Crippen molar-refractivity contribution >= 4 is 40.2 Å². The van der Waals surface area contributed by atoms with Crippen molar-refractivity contribution in [2.24, 2.45) is 0 Å². The van der Waals surface area contributed by atoms with Gasteiger partial charge in [0.15, 0.2) is 5.16 Å². The minimum Gasteiger partial charge on any atom is -0.339 e. The molecule has 1 aliphatic rings. The van der Waals surface area contributed by atoms with Crippen molar-refractivity contribution in [3.8, 4) is 0 Å². The van der Waals surface area contributed by atoms with Crippen molar-refractivity contribution in [1.82, 2.24) is 19.4 Å². The number of piperazine rings is 1. The molecule has 26 heavy (non-hydrogen) atoms. The first-order chi connectivity index (χ1) is 12.5. The number of rotatable bonds is 5. The molecule has 0 aliphatic carbocycles. The van der Waals surface area contributed by atoms with E-state index in [1.165, 1.54) is 11.8 Å². The van der Waals surface area contributed by atoms with Crippen molar-refractivity contribution in [3.05, 3.63) is 46.2 Å². The van der Waals surface area contributed by atoms with Crippen molar-refractivity contribution in [3.63, 3.8) is 0 Å². The summed E-state index contributed by atoms with van der Waals surface area (Å²) in [6.07, 6.45) is 1.65. The van der Waals surface area contributed by atoms with Gasteiger partial charge < -0.3 is 9.80 Å². The Kier molecular flexibility index (Phi) is 6.01. The van der Waals surface area contributed by atoms with Crippen molar-refractivity contribution in [2.75, 3.05) is 39.0 Å². The normalized spacial score (nSPS) is 15.4. The van der Waals surface area contributed by atoms with E-state index in [-0.39, 0.29) is 17.2 Å². The summed E-state index contributed by atoms with van der Waals surface area (Å²) in [5.41, 5.74) is 0.387. The number of hydrogen-bond acceptors (Lipinski definition) is 5. The average molecular weight is 393 g/mol. The van der Waals surface area contributed by atoms with Crippen LogP contribution in [-0.4, -0.2) is 64.2 Å². The molecule has 0 atom stereocenters. The molecule has 0 spiro atoms. The first kappa shape index (κ1) is 18.9. The van der Waals surface area contributed by atoms with E-state index in [2.05, 4.69) is 23.5 Å². The van der Waals surface area contributed by atoms with Gasteiger partial charge in [-0.25, -0.2) is 4.98 Å². The third-order valence-electron chi connectivity index (χ3n) is 4.37. The lowest BCUT2D eigenvalue weighted by atomic mass is 10.2. The van der Waals surface area contributed by atoms with E-state index >= 15 is 0 Å². The van der Waals surface area contributed by atoms with Crippen LogP contribution in [0.25, 0.3) is 10.9 Å². The number of hydrogen-bond donors (Lipinski definition) is 0. The number of halogens is 1. The highest BCUT2D eigenvalue weighted by Crippen LogP contribution is 2.21. The molecule has 2 aromatic rings. The second-order valence-corrected chi connectivity index (χ2v) is 7.61. The molecular weight excluding hydrogens is 372 g/mol. The fourth-order valence-electron chi connectivity index (χ4n) is 2.85. The zero-order chi connectivity index (χ0) is 18.7. The lowest BCUT2D eigenvalue weighted by Gasteiger charge is -2.32. The number of nitrogens with zero attached hydrogens (tertiary/aromatic N) is 4. The highest BCUT2D eigenvalue weighted by atomic mass is 35.5. The standard InChI is InChI=1S/C18H21ClN4O2S/c1-3-6-23-17(25)14-5-4-13(19)11-15(14)20-18(23)26-12-16(24)22-9-7-21(2)8-10-22/h3-5,11H,1,6-10,12H2,2H3. The van der Waals surface area contributed by atoms with Gasteiger partial charge in [0.25, 0.3) is 5.56 Å². The summed E-state index contributed by atoms with van der Waals surface area (Å²) in [6.45, 7) is 7.28. The average Bonchev–Trinajstić information content (AvgIpc) is 2.62. The van der Waals surface area contributed by atoms with Crippen LogP contribution in [0.15, 0.2) is 40.8 Å². The van der Waals surface area contributed by atoms with E-state index in [0.29, 0.717) is 27.6 Å². The second kappa shape index (κ2) is 8.24. The first-order valence-corrected chi connectivity index (χ1v) is 9.76. The van der Waals surface area contributed by atoms with E-state index in [1.807, 2.05) is 4.90 Å². The monoisotopic (exact) mass is 392 g/mol. The number of amides is 1. The molecule has 6 nitrogen and oxygen atoms in total. The Bertz CT molecular complexity index is 891. The molecule has 1 aliphatic heterocycles. The Morgan fingerprint density at radius 3 is 2.77 bits per heavy atom. The molecule has 0 saturated carbocycles. The molecule has 1 amide bonds. The zero-order valence-electron chi connectivity index (χ0n) is 14.7. The number of aromatic nitrogens is 2. The van der Waals surface area contributed by atoms with Gasteiger partial charge in [-0.05, 0) is 25.2 Å². The fourth-order valence-corrected chi connectivity index (χ4v) is 3.93. The molecule has 0 bridgehead atoms. The number of thioether (sulfide) groups is 1. The Balaban J connectivity index is 1.84. The maximum absolute atomic E-state index is 12.8. The molecule has 2 heterocycles. The maximum Gasteiger partial charge on any atom is 0.262 e. The quantitative estimate of drug-likeness (QED) is 0.443. The molecule has 3 rings (SSSR count). The topological polar surface area (TPSA) is 58.4 Å². The number of carbonyl (C=O) groups excluding carboxylic acids is 1. The number of likely N-dealkylation sites (N-methyl/N-ethyl adjacent to an activating group) is 1. The SMILES string of the molecule is C=CCn1c(SCC(=O)N2CCN(C)CC2)nc2cc(Cl)ccc2c1=O. The Labute approximate surface area is 161 Å². The lowest BCUT2D eigenvalue weighted by Crippen LogP contribution is -2.47. The smallest absolute Gasteiger partial charge is 0.262 e. The maximum atomic E-state index is 12.8. The van der Waals surface area contributed by atoms with Crippen LogP contribution in [0.3, 0.4) is 0 Å². The van der Waals surface area contributed by atoms with Crippen LogP contribution < -0.4 is 5.56 Å². The van der Waals surface area contributed by atoms with Crippen LogP contribution in [0.5, 0.6) is 0 Å². The van der Waals surface area contributed by atoms with E-state index in [1.54, 1.807) is 28.8 Å². The largest absolute Gasteiger partial charge is 0.339 e. The summed E-state index contributed by atoms with van der Waals surface area (Å²) in [7, 11) is 2.05. The van der Waals surface area contributed by atoms with Gasteiger partial charge in [-0.15, -0.1) is 6.58 Å². The van der Waals surface area contributed by atoms with Crippen molar-refractivity contribution < 1.29 is 4.79 Å². The number of benzene rings is 1. The van der Waals surface area contributed by atoms with Gasteiger partial charge in [-0.2, -0.15) is 0 Å². The first-order valence-electron chi connectivity index (χ1n) is 8.39. The van der Waals surface area contributed by atoms with Gasteiger partial charge in [-0.3, -0.25) is 14.2 Å². The third kappa shape index (κ3) is 4.11. The molecule has 138 valence electrons. The lowest BCUT2D eigenvalue weighted by molar-refractivity contribution is -0.129. The van der Waals surface area contributed by atoms with Gasteiger partial charge >= 0.3 is 0 Å². The molecule has 8 heteroatoms. The second-order valence-electron chi connectivity index (χ2n) is 6.23. The predicted molar refractivity (Wildman–Crippen MR) is 106 cm³/mol. The molecule has 0 radical (unpaired) electrons. The molecule has 1 fully saturated rings. The Morgan fingerprint density at radius 2 is 2.08 bits per heavy atom. The van der Waals surface area contributed by atoms with E-state index in [9.17, 15) is 9.59 Å². The molecule has 0 N–H and O–H groups in total. The zero-order valence-corrected chi connectivity index (χ0v) is 16.2. The van der Waals surface area contributed by atoms with Gasteiger partial charge in [0, 0.05) is 37.7 Å². The summed E-state index contributed by atoms with van der Waals surface area (Å²) >= 11 is 7.31. The van der Waals surface area contributed by atoms with Gasteiger partial charge in [0.05, 0.1) is 16.7 Å². The highest BCUT2D eigenvalue weighted by Gasteiger charge is 2.20. The molecule has 1 saturated heterocycles. The fraction of sp³-hybridized carbons (Fsp3) is 0.389. The van der Waals surface area contributed by atoms with Gasteiger partial charge in [0.2, 0.25) is 5.91 Å². The summed E-state index contributed by atoms with van der Waals surface area (Å²) in [6, 6.07) is 5.02. The van der Waals surface area contributed by atoms with Gasteiger partial charge in [0.1, 0.15) is 0 Å². The van der Waals surface area contributed by atoms with E-state index in [4.69, 9.17) is 11.6 Å². The molecular formula is C18H21ClN4O2S. The van der Waals surface area contributed by atoms with E-state index < -0.39 is 0 Å². The molecule has 1 aromatic heterocycles. The number of fused-ring (bicyclic) bond motifs is 1. The van der Waals surface area contributed by atoms with Gasteiger partial charge in [-0.1, -0.05) is 29.4 Å². The molecule has 1 aromatic carbocycles. The van der Waals surface area contributed by atoms with Crippen LogP contribution in [-0.2, 0) is 11.3 Å². The summed E-state index contributed by atoms with van der Waals surface area (Å²) < 4.78 is 1.55. The van der Waals surface area contributed by atoms with Crippen LogP contribution in [0, 0.1) is 0 Å². The van der Waals surface area contributed by atoms with Crippen molar-refractivity contribution in [2.45, 2.75) is 11.7 Å². The minimum atomic E-state index is -0.152. The van der Waals surface area contributed by atoms with E-state index in [0.717, 1.165) is 26.2 Å². The van der Waals surface area contributed by atoms with Crippen LogP contribution >= 0.6 is 23.4 Å². The summed E-state index contributed by atoms with van der Waals surface area (Å²) in [4.78, 5) is 33.9. The highest BCUT2D eigenvalue weighted by molar-refractivity contribution is 7.99.